The van der Waals surface area contributed by atoms with Crippen molar-refractivity contribution in [2.24, 2.45) is 0 Å². The second-order valence-corrected chi connectivity index (χ2v) is 3.45. The maximum atomic E-state index is 10.8. The summed E-state index contributed by atoms with van der Waals surface area (Å²) in [6.45, 7) is 2.19. The minimum Gasteiger partial charge on any atom is -0.497 e. The second kappa shape index (κ2) is 6.00. The van der Waals surface area contributed by atoms with Crippen LogP contribution in [0, 0.1) is 0 Å². The summed E-state index contributed by atoms with van der Waals surface area (Å²) in [5.41, 5.74) is 0.865. The van der Waals surface area contributed by atoms with Crippen LogP contribution in [0.2, 0.25) is 0 Å². The first-order chi connectivity index (χ1) is 7.67. The zero-order valence-electron chi connectivity index (χ0n) is 9.87. The lowest BCUT2D eigenvalue weighted by Gasteiger charge is -2.11. The van der Waals surface area contributed by atoms with Gasteiger partial charge in [0, 0.05) is 19.0 Å². The number of carbonyl (C=O) groups is 1. The van der Waals surface area contributed by atoms with Gasteiger partial charge in [-0.1, -0.05) is 0 Å². The van der Waals surface area contributed by atoms with Crippen molar-refractivity contribution in [3.63, 3.8) is 0 Å². The average Bonchev–Trinajstić information content (AvgIpc) is 2.29. The summed E-state index contributed by atoms with van der Waals surface area (Å²) in [5.74, 6) is 1.62. The molecule has 1 aromatic carbocycles. The number of ether oxygens (including phenoxy) is 2. The van der Waals surface area contributed by atoms with Gasteiger partial charge in [-0.2, -0.15) is 0 Å². The van der Waals surface area contributed by atoms with Crippen LogP contribution in [0.1, 0.15) is 13.3 Å². The topological polar surface area (TPSA) is 47.6 Å². The Balaban J connectivity index is 2.68. The number of rotatable bonds is 6. The molecule has 4 nitrogen and oxygen atoms in total. The second-order valence-electron chi connectivity index (χ2n) is 3.45. The third-order valence-corrected chi connectivity index (χ3v) is 2.20. The van der Waals surface area contributed by atoms with E-state index in [4.69, 9.17) is 9.47 Å². The van der Waals surface area contributed by atoms with Gasteiger partial charge in [-0.3, -0.25) is 4.79 Å². The molecule has 0 bridgehead atoms. The molecule has 1 rings (SSSR count). The summed E-state index contributed by atoms with van der Waals surface area (Å²) in [6, 6.07) is 5.52. The predicted molar refractivity (Wildman–Crippen MR) is 63.3 cm³/mol. The van der Waals surface area contributed by atoms with Crippen molar-refractivity contribution in [1.82, 2.24) is 0 Å². The van der Waals surface area contributed by atoms with Crippen molar-refractivity contribution in [3.8, 4) is 11.5 Å². The summed E-state index contributed by atoms with van der Waals surface area (Å²) in [4.78, 5) is 10.8. The highest BCUT2D eigenvalue weighted by Crippen LogP contribution is 2.28. The molecule has 0 heterocycles. The van der Waals surface area contributed by atoms with Crippen LogP contribution in [0.4, 0.5) is 5.69 Å². The minimum atomic E-state index is 0.167. The van der Waals surface area contributed by atoms with E-state index in [1.807, 2.05) is 12.1 Å². The fourth-order valence-corrected chi connectivity index (χ4v) is 1.32. The summed E-state index contributed by atoms with van der Waals surface area (Å²) >= 11 is 0. The smallest absolute Gasteiger partial charge is 0.145 e. The summed E-state index contributed by atoms with van der Waals surface area (Å²) < 4.78 is 10.3. The Kier molecular flexibility index (Phi) is 4.64. The fraction of sp³-hybridized carbons (Fsp3) is 0.417. The first-order valence-electron chi connectivity index (χ1n) is 5.12. The van der Waals surface area contributed by atoms with Crippen molar-refractivity contribution >= 4 is 11.5 Å². The van der Waals surface area contributed by atoms with E-state index in [1.54, 1.807) is 27.2 Å². The molecule has 0 unspecified atom stereocenters. The first kappa shape index (κ1) is 12.4. The first-order valence-corrected chi connectivity index (χ1v) is 5.12. The molecule has 0 aliphatic rings. The van der Waals surface area contributed by atoms with Gasteiger partial charge in [-0.25, -0.2) is 0 Å². The minimum absolute atomic E-state index is 0.167. The Hall–Kier alpha value is -1.71. The van der Waals surface area contributed by atoms with Gasteiger partial charge in [-0.05, 0) is 19.1 Å². The van der Waals surface area contributed by atoms with Gasteiger partial charge >= 0.3 is 0 Å². The SMILES string of the molecule is COc1ccc(NCCC(C)=O)c(OC)c1. The molecular formula is C12H17NO3. The number of nitrogens with one attached hydrogen (secondary N) is 1. The van der Waals surface area contributed by atoms with E-state index in [1.165, 1.54) is 0 Å². The molecule has 0 amide bonds. The van der Waals surface area contributed by atoms with Crippen LogP contribution in [0.15, 0.2) is 18.2 Å². The number of carbonyl (C=O) groups excluding carboxylic acids is 1. The van der Waals surface area contributed by atoms with Crippen LogP contribution in [0.3, 0.4) is 0 Å². The standard InChI is InChI=1S/C12H17NO3/c1-9(14)6-7-13-11-5-4-10(15-2)8-12(11)16-3/h4-5,8,13H,6-7H2,1-3H3. The van der Waals surface area contributed by atoms with Crippen molar-refractivity contribution in [3.05, 3.63) is 18.2 Å². The molecule has 0 saturated carbocycles. The molecule has 16 heavy (non-hydrogen) atoms. The Morgan fingerprint density at radius 1 is 1.31 bits per heavy atom. The van der Waals surface area contributed by atoms with Crippen LogP contribution in [0.25, 0.3) is 0 Å². The normalized spacial score (nSPS) is 9.69. The van der Waals surface area contributed by atoms with Crippen LogP contribution in [-0.2, 0) is 4.79 Å². The van der Waals surface area contributed by atoms with Crippen molar-refractivity contribution < 1.29 is 14.3 Å². The van der Waals surface area contributed by atoms with Crippen molar-refractivity contribution in [2.75, 3.05) is 26.1 Å². The van der Waals surface area contributed by atoms with Crippen LogP contribution < -0.4 is 14.8 Å². The maximum Gasteiger partial charge on any atom is 0.145 e. The van der Waals surface area contributed by atoms with Crippen molar-refractivity contribution in [1.29, 1.82) is 0 Å². The highest BCUT2D eigenvalue weighted by molar-refractivity contribution is 5.76. The number of benzene rings is 1. The van der Waals surface area contributed by atoms with E-state index in [9.17, 15) is 4.79 Å². The lowest BCUT2D eigenvalue weighted by molar-refractivity contribution is -0.116. The van der Waals surface area contributed by atoms with E-state index in [0.29, 0.717) is 18.7 Å². The molecule has 0 fully saturated rings. The summed E-state index contributed by atoms with van der Waals surface area (Å²) in [5, 5.41) is 3.15. The molecule has 0 spiro atoms. The zero-order valence-corrected chi connectivity index (χ0v) is 9.87. The molecule has 0 saturated heterocycles. The van der Waals surface area contributed by atoms with E-state index in [2.05, 4.69) is 5.32 Å². The van der Waals surface area contributed by atoms with Gasteiger partial charge in [0.25, 0.3) is 0 Å². The van der Waals surface area contributed by atoms with Crippen LogP contribution >= 0.6 is 0 Å². The molecule has 0 aliphatic carbocycles. The zero-order chi connectivity index (χ0) is 12.0. The molecule has 0 aliphatic heterocycles. The molecule has 88 valence electrons. The van der Waals surface area contributed by atoms with E-state index >= 15 is 0 Å². The third-order valence-electron chi connectivity index (χ3n) is 2.20. The highest BCUT2D eigenvalue weighted by Gasteiger charge is 2.04. The van der Waals surface area contributed by atoms with Gasteiger partial charge < -0.3 is 14.8 Å². The lowest BCUT2D eigenvalue weighted by atomic mass is 10.2. The largest absolute Gasteiger partial charge is 0.497 e. The average molecular weight is 223 g/mol. The third kappa shape index (κ3) is 3.46. The van der Waals surface area contributed by atoms with Crippen LogP contribution in [-0.4, -0.2) is 26.5 Å². The van der Waals surface area contributed by atoms with Gasteiger partial charge in [0.1, 0.15) is 17.3 Å². The quantitative estimate of drug-likeness (QED) is 0.802. The molecule has 1 aromatic rings. The molecule has 1 N–H and O–H groups in total. The van der Waals surface area contributed by atoms with E-state index < -0.39 is 0 Å². The molecule has 0 aromatic heterocycles. The summed E-state index contributed by atoms with van der Waals surface area (Å²) in [6.07, 6.45) is 0.509. The lowest BCUT2D eigenvalue weighted by Crippen LogP contribution is -2.06. The van der Waals surface area contributed by atoms with Crippen LogP contribution in [0.5, 0.6) is 11.5 Å². The van der Waals surface area contributed by atoms with Crippen molar-refractivity contribution in [2.45, 2.75) is 13.3 Å². The van der Waals surface area contributed by atoms with Gasteiger partial charge in [0.05, 0.1) is 19.9 Å². The number of Topliss-reactive ketones (excluding diaryl/α,β-unsaturated/α-hetero) is 1. The Bertz CT molecular complexity index is 363. The Labute approximate surface area is 95.6 Å². The Morgan fingerprint density at radius 3 is 2.62 bits per heavy atom. The number of hydrogen-bond acceptors (Lipinski definition) is 4. The van der Waals surface area contributed by atoms with Gasteiger partial charge in [0.15, 0.2) is 0 Å². The monoisotopic (exact) mass is 223 g/mol. The number of hydrogen-bond donors (Lipinski definition) is 1. The maximum absolute atomic E-state index is 10.8. The number of anilines is 1. The molecule has 0 atom stereocenters. The fourth-order valence-electron chi connectivity index (χ4n) is 1.32. The molecule has 4 heteroatoms. The predicted octanol–water partition coefficient (Wildman–Crippen LogP) is 2.09. The number of methoxy groups -OCH3 is 2. The molecular weight excluding hydrogens is 206 g/mol. The summed E-state index contributed by atoms with van der Waals surface area (Å²) in [7, 11) is 3.21. The highest BCUT2D eigenvalue weighted by atomic mass is 16.5. The molecule has 0 radical (unpaired) electrons. The van der Waals surface area contributed by atoms with E-state index in [-0.39, 0.29) is 5.78 Å². The van der Waals surface area contributed by atoms with Gasteiger partial charge in [-0.15, -0.1) is 0 Å². The Morgan fingerprint density at radius 2 is 2.06 bits per heavy atom. The number of ketones is 1. The van der Waals surface area contributed by atoms with E-state index in [0.717, 1.165) is 11.4 Å². The van der Waals surface area contributed by atoms with Gasteiger partial charge in [0.2, 0.25) is 0 Å².